The van der Waals surface area contributed by atoms with Crippen LogP contribution < -0.4 is 9.80 Å². The molecule has 0 aliphatic carbocycles. The van der Waals surface area contributed by atoms with Gasteiger partial charge >= 0.3 is 0 Å². The molecular formula is C20H31N4O3+. The predicted octanol–water partition coefficient (Wildman–Crippen LogP) is 1.19. The van der Waals surface area contributed by atoms with E-state index in [1.807, 2.05) is 12.1 Å². The molecule has 1 aromatic carbocycles. The van der Waals surface area contributed by atoms with Gasteiger partial charge in [0.15, 0.2) is 6.04 Å². The van der Waals surface area contributed by atoms with E-state index in [-0.39, 0.29) is 22.6 Å². The number of likely N-dealkylation sites (tertiary alicyclic amines) is 1. The van der Waals surface area contributed by atoms with Crippen molar-refractivity contribution in [1.82, 2.24) is 4.90 Å². The van der Waals surface area contributed by atoms with Crippen LogP contribution in [-0.2, 0) is 4.79 Å². The smallest absolute Gasteiger partial charge is 0.280 e. The summed E-state index contributed by atoms with van der Waals surface area (Å²) in [6.45, 7) is 11.8. The van der Waals surface area contributed by atoms with Gasteiger partial charge in [0.05, 0.1) is 31.1 Å². The summed E-state index contributed by atoms with van der Waals surface area (Å²) in [6, 6.07) is 6.72. The summed E-state index contributed by atoms with van der Waals surface area (Å²) in [6.07, 6.45) is 1.21. The normalized spacial score (nSPS) is 25.3. The molecule has 7 heteroatoms. The van der Waals surface area contributed by atoms with Gasteiger partial charge in [0.25, 0.3) is 11.6 Å². The third-order valence-corrected chi connectivity index (χ3v) is 5.99. The second-order valence-corrected chi connectivity index (χ2v) is 8.33. The number of piperidine rings is 1. The Labute approximate surface area is 161 Å². The maximum atomic E-state index is 13.0. The van der Waals surface area contributed by atoms with Crippen molar-refractivity contribution in [2.24, 2.45) is 11.8 Å². The van der Waals surface area contributed by atoms with Crippen LogP contribution >= 0.6 is 0 Å². The number of hydrogen-bond acceptors (Lipinski definition) is 4. The molecule has 1 aromatic rings. The predicted molar refractivity (Wildman–Crippen MR) is 105 cm³/mol. The number of anilines is 1. The summed E-state index contributed by atoms with van der Waals surface area (Å²) in [4.78, 5) is 29.0. The van der Waals surface area contributed by atoms with Crippen LogP contribution in [0, 0.1) is 22.0 Å². The third-order valence-electron chi connectivity index (χ3n) is 5.99. The Morgan fingerprint density at radius 2 is 1.70 bits per heavy atom. The lowest BCUT2D eigenvalue weighted by atomic mass is 9.91. The second kappa shape index (κ2) is 8.25. The van der Waals surface area contributed by atoms with Crippen LogP contribution in [0.2, 0.25) is 0 Å². The number of nitrogens with one attached hydrogen (secondary N) is 1. The number of rotatable bonds is 4. The van der Waals surface area contributed by atoms with Gasteiger partial charge in [-0.2, -0.15) is 0 Å². The number of benzene rings is 1. The highest BCUT2D eigenvalue weighted by molar-refractivity contribution is 5.80. The molecule has 1 amide bonds. The van der Waals surface area contributed by atoms with Gasteiger partial charge in [-0.05, 0) is 37.3 Å². The van der Waals surface area contributed by atoms with Gasteiger partial charge in [-0.25, -0.2) is 0 Å². The summed E-state index contributed by atoms with van der Waals surface area (Å²) in [5.41, 5.74) is 1.13. The van der Waals surface area contributed by atoms with E-state index >= 15 is 0 Å². The number of nitro groups is 1. The van der Waals surface area contributed by atoms with Crippen LogP contribution in [0.3, 0.4) is 0 Å². The maximum absolute atomic E-state index is 13.0. The van der Waals surface area contributed by atoms with E-state index in [4.69, 9.17) is 0 Å². The average molecular weight is 375 g/mol. The molecule has 0 bridgehead atoms. The number of nitro benzene ring substituents is 1. The molecule has 3 rings (SSSR count). The van der Waals surface area contributed by atoms with E-state index < -0.39 is 0 Å². The summed E-state index contributed by atoms with van der Waals surface area (Å²) in [5.74, 6) is 1.45. The van der Waals surface area contributed by atoms with Crippen molar-refractivity contribution in [2.45, 2.75) is 33.2 Å². The first-order valence-electron chi connectivity index (χ1n) is 9.98. The lowest BCUT2D eigenvalue weighted by Gasteiger charge is -2.40. The molecule has 2 aliphatic rings. The van der Waals surface area contributed by atoms with E-state index in [1.165, 1.54) is 11.3 Å². The van der Waals surface area contributed by atoms with Crippen molar-refractivity contribution < 1.29 is 14.6 Å². The zero-order valence-corrected chi connectivity index (χ0v) is 16.6. The van der Waals surface area contributed by atoms with Gasteiger partial charge < -0.3 is 14.7 Å². The molecule has 2 aliphatic heterocycles. The van der Waals surface area contributed by atoms with Crippen LogP contribution in [-0.4, -0.2) is 61.0 Å². The molecule has 1 N–H and O–H groups in total. The SMILES string of the molecule is C[C@H]1C[C@H](C)CN(C(=O)[C@@H](C)[NH+]2CCN(c3ccc([N+](=O)[O-])cc3)CC2)C1. The highest BCUT2D eigenvalue weighted by Crippen LogP contribution is 2.22. The van der Waals surface area contributed by atoms with Crippen LogP contribution in [0.5, 0.6) is 0 Å². The Balaban J connectivity index is 1.55. The molecule has 3 atom stereocenters. The fourth-order valence-electron chi connectivity index (χ4n) is 4.56. The Morgan fingerprint density at radius 1 is 1.15 bits per heavy atom. The summed E-state index contributed by atoms with van der Waals surface area (Å²) in [5, 5.41) is 10.8. The Bertz CT molecular complexity index is 660. The first-order valence-corrected chi connectivity index (χ1v) is 9.98. The summed E-state index contributed by atoms with van der Waals surface area (Å²) < 4.78 is 0. The molecule has 2 heterocycles. The topological polar surface area (TPSA) is 71.1 Å². The molecule has 0 unspecified atom stereocenters. The fraction of sp³-hybridized carbons (Fsp3) is 0.650. The van der Waals surface area contributed by atoms with Crippen LogP contribution in [0.15, 0.2) is 24.3 Å². The average Bonchev–Trinajstić information content (AvgIpc) is 2.66. The number of amides is 1. The number of non-ortho nitro benzene ring substituents is 1. The highest BCUT2D eigenvalue weighted by Gasteiger charge is 2.34. The van der Waals surface area contributed by atoms with E-state index in [2.05, 4.69) is 30.6 Å². The van der Waals surface area contributed by atoms with Crippen LogP contribution in [0.25, 0.3) is 0 Å². The molecular weight excluding hydrogens is 344 g/mol. The summed E-state index contributed by atoms with van der Waals surface area (Å²) in [7, 11) is 0. The number of nitrogens with zero attached hydrogens (tertiary/aromatic N) is 3. The lowest BCUT2D eigenvalue weighted by molar-refractivity contribution is -0.915. The van der Waals surface area contributed by atoms with Crippen molar-refractivity contribution in [1.29, 1.82) is 0 Å². The van der Waals surface area contributed by atoms with Crippen molar-refractivity contribution in [3.8, 4) is 0 Å². The minimum atomic E-state index is -0.374. The van der Waals surface area contributed by atoms with Gasteiger partial charge in [0.2, 0.25) is 0 Å². The van der Waals surface area contributed by atoms with Crippen molar-refractivity contribution in [2.75, 3.05) is 44.2 Å². The second-order valence-electron chi connectivity index (χ2n) is 8.33. The Hall–Kier alpha value is -2.15. The van der Waals surface area contributed by atoms with Gasteiger partial charge in [0.1, 0.15) is 0 Å². The quantitative estimate of drug-likeness (QED) is 0.634. The first kappa shape index (κ1) is 19.6. The number of carbonyl (C=O) groups excluding carboxylic acids is 1. The van der Waals surface area contributed by atoms with Crippen LogP contribution in [0.1, 0.15) is 27.2 Å². The van der Waals surface area contributed by atoms with E-state index in [1.54, 1.807) is 12.1 Å². The first-order chi connectivity index (χ1) is 12.8. The van der Waals surface area contributed by atoms with E-state index in [9.17, 15) is 14.9 Å². The molecule has 0 radical (unpaired) electrons. The summed E-state index contributed by atoms with van der Waals surface area (Å²) >= 11 is 0. The Morgan fingerprint density at radius 3 is 2.22 bits per heavy atom. The van der Waals surface area contributed by atoms with Crippen molar-refractivity contribution in [3.05, 3.63) is 34.4 Å². The molecule has 148 valence electrons. The van der Waals surface area contributed by atoms with Gasteiger partial charge in [-0.15, -0.1) is 0 Å². The number of hydrogen-bond donors (Lipinski definition) is 1. The molecule has 7 nitrogen and oxygen atoms in total. The Kier molecular flexibility index (Phi) is 5.99. The molecule has 2 saturated heterocycles. The molecule has 0 aromatic heterocycles. The fourth-order valence-corrected chi connectivity index (χ4v) is 4.56. The standard InChI is InChI=1S/C20H30N4O3/c1-15-12-16(2)14-23(13-15)20(25)17(3)21-8-10-22(11-9-21)18-4-6-19(7-5-18)24(26)27/h4-7,15-17H,8-14H2,1-3H3/p+1/t15-,16-,17+/m0/s1. The number of piperazine rings is 1. The van der Waals surface area contributed by atoms with Gasteiger partial charge in [-0.3, -0.25) is 14.9 Å². The number of quaternary nitrogens is 1. The van der Waals surface area contributed by atoms with Gasteiger partial charge in [-0.1, -0.05) is 13.8 Å². The number of carbonyl (C=O) groups is 1. The molecule has 27 heavy (non-hydrogen) atoms. The maximum Gasteiger partial charge on any atom is 0.280 e. The van der Waals surface area contributed by atoms with E-state index in [0.29, 0.717) is 11.8 Å². The highest BCUT2D eigenvalue weighted by atomic mass is 16.6. The molecule has 0 spiro atoms. The lowest BCUT2D eigenvalue weighted by Crippen LogP contribution is -3.19. The van der Waals surface area contributed by atoms with Crippen molar-refractivity contribution >= 4 is 17.3 Å². The third kappa shape index (κ3) is 4.58. The zero-order valence-electron chi connectivity index (χ0n) is 16.6. The van der Waals surface area contributed by atoms with E-state index in [0.717, 1.165) is 45.0 Å². The largest absolute Gasteiger partial charge is 0.360 e. The van der Waals surface area contributed by atoms with Crippen LogP contribution in [0.4, 0.5) is 11.4 Å². The van der Waals surface area contributed by atoms with Gasteiger partial charge in [0, 0.05) is 30.9 Å². The minimum absolute atomic E-state index is 0.0125. The molecule has 2 fully saturated rings. The minimum Gasteiger partial charge on any atom is -0.360 e. The van der Waals surface area contributed by atoms with Crippen molar-refractivity contribution in [3.63, 3.8) is 0 Å². The zero-order chi connectivity index (χ0) is 19.6. The monoisotopic (exact) mass is 375 g/mol. The molecule has 0 saturated carbocycles.